The highest BCUT2D eigenvalue weighted by atomic mass is 16.5. The molecule has 0 fully saturated rings. The maximum absolute atomic E-state index is 6.18. The highest BCUT2D eigenvalue weighted by molar-refractivity contribution is 5.33. The lowest BCUT2D eigenvalue weighted by molar-refractivity contribution is 0.204. The first-order valence-corrected chi connectivity index (χ1v) is 7.12. The number of likely N-dealkylation sites (N-methyl/N-ethyl adjacent to an activating group) is 1. The van der Waals surface area contributed by atoms with Crippen LogP contribution in [-0.2, 0) is 6.54 Å². The minimum absolute atomic E-state index is 0.0143. The number of rotatable bonds is 6. The minimum atomic E-state index is -0.0143. The van der Waals surface area contributed by atoms with Crippen LogP contribution in [0.15, 0.2) is 48.7 Å². The quantitative estimate of drug-likeness (QED) is 0.886. The fourth-order valence-electron chi connectivity index (χ4n) is 2.65. The lowest BCUT2D eigenvalue weighted by Gasteiger charge is -2.31. The van der Waals surface area contributed by atoms with Gasteiger partial charge in [0, 0.05) is 24.3 Å². The van der Waals surface area contributed by atoms with E-state index in [-0.39, 0.29) is 12.1 Å². The first-order valence-electron chi connectivity index (χ1n) is 7.12. The average Bonchev–Trinajstić information content (AvgIpc) is 2.48. The van der Waals surface area contributed by atoms with Crippen molar-refractivity contribution in [1.82, 2.24) is 9.88 Å². The summed E-state index contributed by atoms with van der Waals surface area (Å²) in [6, 6.07) is 14.0. The van der Waals surface area contributed by atoms with E-state index in [9.17, 15) is 0 Å². The smallest absolute Gasteiger partial charge is 0.123 e. The van der Waals surface area contributed by atoms with Gasteiger partial charge in [-0.1, -0.05) is 24.3 Å². The summed E-state index contributed by atoms with van der Waals surface area (Å²) >= 11 is 0. The van der Waals surface area contributed by atoms with Gasteiger partial charge in [-0.3, -0.25) is 9.88 Å². The van der Waals surface area contributed by atoms with Crippen molar-refractivity contribution in [3.8, 4) is 5.75 Å². The van der Waals surface area contributed by atoms with Crippen LogP contribution in [-0.4, -0.2) is 30.1 Å². The molecule has 21 heavy (non-hydrogen) atoms. The third-order valence-electron chi connectivity index (χ3n) is 3.58. The topological polar surface area (TPSA) is 51.4 Å². The van der Waals surface area contributed by atoms with Gasteiger partial charge in [-0.25, -0.2) is 0 Å². The number of aromatic nitrogens is 1. The number of para-hydroxylation sites is 1. The first-order chi connectivity index (χ1) is 10.1. The van der Waals surface area contributed by atoms with Crippen LogP contribution < -0.4 is 10.5 Å². The molecule has 2 rings (SSSR count). The van der Waals surface area contributed by atoms with Gasteiger partial charge in [0.05, 0.1) is 18.8 Å². The van der Waals surface area contributed by atoms with E-state index in [1.807, 2.05) is 49.5 Å². The lowest BCUT2D eigenvalue weighted by atomic mass is 10.0. The second-order valence-corrected chi connectivity index (χ2v) is 5.29. The van der Waals surface area contributed by atoms with Gasteiger partial charge >= 0.3 is 0 Å². The molecule has 0 saturated heterocycles. The van der Waals surface area contributed by atoms with E-state index < -0.39 is 0 Å². The van der Waals surface area contributed by atoms with Crippen LogP contribution in [0.3, 0.4) is 0 Å². The summed E-state index contributed by atoms with van der Waals surface area (Å²) in [5.74, 6) is 0.897. The maximum atomic E-state index is 6.18. The van der Waals surface area contributed by atoms with Crippen LogP contribution in [0.25, 0.3) is 0 Å². The Hall–Kier alpha value is -1.91. The average molecular weight is 285 g/mol. The molecule has 0 aliphatic carbocycles. The van der Waals surface area contributed by atoms with E-state index in [0.29, 0.717) is 0 Å². The molecule has 4 nitrogen and oxygen atoms in total. The van der Waals surface area contributed by atoms with Gasteiger partial charge in [-0.15, -0.1) is 0 Å². The molecule has 0 spiro atoms. The van der Waals surface area contributed by atoms with Crippen molar-refractivity contribution in [3.05, 3.63) is 59.9 Å². The maximum Gasteiger partial charge on any atom is 0.123 e. The van der Waals surface area contributed by atoms with Crippen molar-refractivity contribution in [2.75, 3.05) is 14.2 Å². The molecule has 0 amide bonds. The van der Waals surface area contributed by atoms with Crippen molar-refractivity contribution in [3.63, 3.8) is 0 Å². The van der Waals surface area contributed by atoms with Gasteiger partial charge < -0.3 is 10.5 Å². The van der Waals surface area contributed by atoms with E-state index in [4.69, 9.17) is 10.5 Å². The molecule has 0 radical (unpaired) electrons. The summed E-state index contributed by atoms with van der Waals surface area (Å²) in [6.45, 7) is 2.77. The standard InChI is InChI=1S/C17H23N3O/c1-13(18)17(15-9-6-7-11-19-15)20(2)12-14-8-4-5-10-16(14)21-3/h4-11,13,17H,12,18H2,1-3H3. The normalized spacial score (nSPS) is 14.0. The number of benzene rings is 1. The molecule has 1 heterocycles. The van der Waals surface area contributed by atoms with E-state index in [1.54, 1.807) is 7.11 Å². The van der Waals surface area contributed by atoms with E-state index >= 15 is 0 Å². The van der Waals surface area contributed by atoms with Crippen LogP contribution in [0.1, 0.15) is 24.2 Å². The molecule has 0 aliphatic rings. The fourth-order valence-corrected chi connectivity index (χ4v) is 2.65. The summed E-state index contributed by atoms with van der Waals surface area (Å²) < 4.78 is 5.42. The predicted molar refractivity (Wildman–Crippen MR) is 85.1 cm³/mol. The van der Waals surface area contributed by atoms with Crippen LogP contribution in [0.4, 0.5) is 0 Å². The SMILES string of the molecule is COc1ccccc1CN(C)C(c1ccccn1)C(C)N. The Balaban J connectivity index is 2.22. The second-order valence-electron chi connectivity index (χ2n) is 5.29. The van der Waals surface area contributed by atoms with Crippen molar-refractivity contribution < 1.29 is 4.74 Å². The zero-order valence-electron chi connectivity index (χ0n) is 12.9. The van der Waals surface area contributed by atoms with E-state index in [0.717, 1.165) is 23.6 Å². The molecule has 2 aromatic rings. The summed E-state index contributed by atoms with van der Waals surface area (Å²) in [7, 11) is 3.76. The molecule has 0 aliphatic heterocycles. The van der Waals surface area contributed by atoms with Crippen molar-refractivity contribution in [2.45, 2.75) is 25.6 Å². The Labute approximate surface area is 126 Å². The largest absolute Gasteiger partial charge is 0.496 e. The number of methoxy groups -OCH3 is 1. The van der Waals surface area contributed by atoms with Gasteiger partial charge in [0.15, 0.2) is 0 Å². The fraction of sp³-hybridized carbons (Fsp3) is 0.353. The minimum Gasteiger partial charge on any atom is -0.496 e. The molecule has 2 N–H and O–H groups in total. The molecule has 4 heteroatoms. The predicted octanol–water partition coefficient (Wildman–Crippen LogP) is 2.61. The third kappa shape index (κ3) is 3.80. The number of hydrogen-bond acceptors (Lipinski definition) is 4. The monoisotopic (exact) mass is 285 g/mol. The van der Waals surface area contributed by atoms with E-state index in [2.05, 4.69) is 23.0 Å². The molecule has 1 aromatic carbocycles. The zero-order chi connectivity index (χ0) is 15.2. The first kappa shape index (κ1) is 15.5. The summed E-state index contributed by atoms with van der Waals surface area (Å²) in [5, 5.41) is 0. The molecular weight excluding hydrogens is 262 g/mol. The van der Waals surface area contributed by atoms with Crippen molar-refractivity contribution in [1.29, 1.82) is 0 Å². The van der Waals surface area contributed by atoms with Crippen LogP contribution in [0, 0.1) is 0 Å². The van der Waals surface area contributed by atoms with Gasteiger partial charge in [0.2, 0.25) is 0 Å². The number of nitrogens with two attached hydrogens (primary N) is 1. The highest BCUT2D eigenvalue weighted by Crippen LogP contribution is 2.25. The van der Waals surface area contributed by atoms with Gasteiger partial charge in [0.25, 0.3) is 0 Å². The molecular formula is C17H23N3O. The van der Waals surface area contributed by atoms with Crippen molar-refractivity contribution >= 4 is 0 Å². The van der Waals surface area contributed by atoms with Crippen molar-refractivity contribution in [2.24, 2.45) is 5.73 Å². The Morgan fingerprint density at radius 2 is 1.90 bits per heavy atom. The summed E-state index contributed by atoms with van der Waals surface area (Å²) in [4.78, 5) is 6.67. The Morgan fingerprint density at radius 3 is 2.52 bits per heavy atom. The summed E-state index contributed by atoms with van der Waals surface area (Å²) in [6.07, 6.45) is 1.81. The molecule has 1 aromatic heterocycles. The molecule has 0 saturated carbocycles. The third-order valence-corrected chi connectivity index (χ3v) is 3.58. The van der Waals surface area contributed by atoms with Gasteiger partial charge in [-0.2, -0.15) is 0 Å². The van der Waals surface area contributed by atoms with E-state index in [1.165, 1.54) is 0 Å². The Morgan fingerprint density at radius 1 is 1.19 bits per heavy atom. The highest BCUT2D eigenvalue weighted by Gasteiger charge is 2.23. The van der Waals surface area contributed by atoms with Gasteiger partial charge in [0.1, 0.15) is 5.75 Å². The number of pyridine rings is 1. The zero-order valence-corrected chi connectivity index (χ0v) is 12.9. The van der Waals surface area contributed by atoms with Crippen LogP contribution in [0.2, 0.25) is 0 Å². The number of hydrogen-bond donors (Lipinski definition) is 1. The van der Waals surface area contributed by atoms with Gasteiger partial charge in [-0.05, 0) is 32.2 Å². The van der Waals surface area contributed by atoms with Crippen LogP contribution in [0.5, 0.6) is 5.75 Å². The molecule has 2 unspecified atom stereocenters. The molecule has 112 valence electrons. The lowest BCUT2D eigenvalue weighted by Crippen LogP contribution is -2.37. The number of ether oxygens (including phenoxy) is 1. The molecule has 0 bridgehead atoms. The summed E-state index contributed by atoms with van der Waals surface area (Å²) in [5.41, 5.74) is 8.31. The van der Waals surface area contributed by atoms with Crippen LogP contribution >= 0.6 is 0 Å². The Kier molecular flexibility index (Phi) is 5.31. The Bertz CT molecular complexity index is 557. The second kappa shape index (κ2) is 7.20. The number of nitrogens with zero attached hydrogens (tertiary/aromatic N) is 2. The molecule has 2 atom stereocenters.